The molecule has 1 N–H and O–H groups in total. The third-order valence-electron chi connectivity index (χ3n) is 1.59. The summed E-state index contributed by atoms with van der Waals surface area (Å²) in [5.41, 5.74) is 1.97. The minimum Gasteiger partial charge on any atom is -0.423 e. The highest BCUT2D eigenvalue weighted by atomic mass is 16.5. The molecule has 0 spiro atoms. The van der Waals surface area contributed by atoms with Crippen molar-refractivity contribution in [1.29, 1.82) is 0 Å². The summed E-state index contributed by atoms with van der Waals surface area (Å²) < 4.78 is 4.73. The van der Waals surface area contributed by atoms with Crippen LogP contribution in [0.5, 0.6) is 0 Å². The first-order valence-corrected chi connectivity index (χ1v) is 3.51. The molecule has 0 aliphatic heterocycles. The lowest BCUT2D eigenvalue weighted by Crippen LogP contribution is -2.31. The monoisotopic (exact) mass is 150 g/mol. The number of hydrogen-bond acceptors (Lipinski definition) is 2. The van der Waals surface area contributed by atoms with Gasteiger partial charge in [-0.05, 0) is 12.4 Å². The van der Waals surface area contributed by atoms with Gasteiger partial charge in [0.05, 0.1) is 0 Å². The van der Waals surface area contributed by atoms with E-state index < -0.39 is 7.12 Å². The maximum absolute atomic E-state index is 9.20. The van der Waals surface area contributed by atoms with Gasteiger partial charge in [-0.25, -0.2) is 0 Å². The van der Waals surface area contributed by atoms with Crippen LogP contribution >= 0.6 is 0 Å². The molecule has 0 amide bonds. The molecule has 0 saturated carbocycles. The fourth-order valence-electron chi connectivity index (χ4n) is 0.867. The van der Waals surface area contributed by atoms with E-state index >= 15 is 0 Å². The SMILES string of the molecule is COB(O)c1ccc(C)cc1. The van der Waals surface area contributed by atoms with Crippen LogP contribution in [-0.4, -0.2) is 19.3 Å². The maximum atomic E-state index is 9.20. The van der Waals surface area contributed by atoms with Crippen LogP contribution in [0, 0.1) is 6.92 Å². The Bertz CT molecular complexity index is 220. The Morgan fingerprint density at radius 3 is 2.27 bits per heavy atom. The molecule has 0 saturated heterocycles. The van der Waals surface area contributed by atoms with Crippen molar-refractivity contribution in [3.05, 3.63) is 29.8 Å². The predicted octanol–water partition coefficient (Wildman–Crippen LogP) is 0.329. The summed E-state index contributed by atoms with van der Waals surface area (Å²) in [6, 6.07) is 7.59. The van der Waals surface area contributed by atoms with E-state index in [1.165, 1.54) is 12.7 Å². The summed E-state index contributed by atoms with van der Waals surface area (Å²) in [7, 11) is 0.681. The third kappa shape index (κ3) is 2.07. The van der Waals surface area contributed by atoms with Crippen molar-refractivity contribution in [1.82, 2.24) is 0 Å². The lowest BCUT2D eigenvalue weighted by molar-refractivity contribution is 0.341. The number of hydrogen-bond donors (Lipinski definition) is 1. The summed E-state index contributed by atoms with van der Waals surface area (Å²) in [4.78, 5) is 0. The van der Waals surface area contributed by atoms with Gasteiger partial charge < -0.3 is 9.68 Å². The van der Waals surface area contributed by atoms with Crippen LogP contribution in [0.1, 0.15) is 5.56 Å². The van der Waals surface area contributed by atoms with Crippen LogP contribution in [-0.2, 0) is 4.65 Å². The molecule has 0 aliphatic carbocycles. The van der Waals surface area contributed by atoms with E-state index in [2.05, 4.69) is 0 Å². The summed E-state index contributed by atoms with van der Waals surface area (Å²) in [6.45, 7) is 2.00. The molecular formula is C8H11BO2. The van der Waals surface area contributed by atoms with Crippen molar-refractivity contribution in [2.24, 2.45) is 0 Å². The van der Waals surface area contributed by atoms with Gasteiger partial charge in [0.2, 0.25) is 0 Å². The summed E-state index contributed by atoms with van der Waals surface area (Å²) in [6.07, 6.45) is 0. The van der Waals surface area contributed by atoms with Gasteiger partial charge in [-0.1, -0.05) is 29.8 Å². The fraction of sp³-hybridized carbons (Fsp3) is 0.250. The molecule has 0 fully saturated rings. The van der Waals surface area contributed by atoms with E-state index in [-0.39, 0.29) is 0 Å². The molecule has 0 unspecified atom stereocenters. The first kappa shape index (κ1) is 8.30. The molecule has 2 nitrogen and oxygen atoms in total. The van der Waals surface area contributed by atoms with Gasteiger partial charge in [0, 0.05) is 7.11 Å². The number of aryl methyl sites for hydroxylation is 1. The lowest BCUT2D eigenvalue weighted by Gasteiger charge is -2.02. The van der Waals surface area contributed by atoms with Gasteiger partial charge in [0.25, 0.3) is 0 Å². The summed E-state index contributed by atoms with van der Waals surface area (Å²) in [5, 5.41) is 9.20. The molecule has 1 aromatic rings. The average Bonchev–Trinajstić information content (AvgIpc) is 2.05. The smallest absolute Gasteiger partial charge is 0.423 e. The van der Waals surface area contributed by atoms with Crippen LogP contribution in [0.4, 0.5) is 0 Å². The molecule has 11 heavy (non-hydrogen) atoms. The van der Waals surface area contributed by atoms with Crippen LogP contribution in [0.2, 0.25) is 0 Å². The number of rotatable bonds is 2. The van der Waals surface area contributed by atoms with Gasteiger partial charge in [0.1, 0.15) is 0 Å². The Morgan fingerprint density at radius 2 is 1.82 bits per heavy atom. The van der Waals surface area contributed by atoms with E-state index in [1.54, 1.807) is 0 Å². The van der Waals surface area contributed by atoms with Crippen LogP contribution < -0.4 is 5.46 Å². The van der Waals surface area contributed by atoms with E-state index in [0.717, 1.165) is 5.46 Å². The standard InChI is InChI=1S/C8H11BO2/c1-7-3-5-8(6-4-7)9(10)11-2/h3-6,10H,1-2H3. The van der Waals surface area contributed by atoms with E-state index in [1.807, 2.05) is 31.2 Å². The van der Waals surface area contributed by atoms with Crippen molar-refractivity contribution < 1.29 is 9.68 Å². The van der Waals surface area contributed by atoms with Crippen molar-refractivity contribution in [3.63, 3.8) is 0 Å². The Labute approximate surface area is 67.0 Å². The zero-order valence-corrected chi connectivity index (χ0v) is 6.74. The predicted molar refractivity (Wildman–Crippen MR) is 45.8 cm³/mol. The second-order valence-electron chi connectivity index (χ2n) is 2.50. The highest BCUT2D eigenvalue weighted by Crippen LogP contribution is 1.93. The first-order valence-electron chi connectivity index (χ1n) is 3.51. The molecule has 58 valence electrons. The molecule has 0 atom stereocenters. The van der Waals surface area contributed by atoms with Crippen molar-refractivity contribution in [2.75, 3.05) is 7.11 Å². The largest absolute Gasteiger partial charge is 0.490 e. The minimum atomic E-state index is -0.796. The zero-order valence-electron chi connectivity index (χ0n) is 6.74. The molecule has 1 aromatic carbocycles. The Morgan fingerprint density at radius 1 is 1.27 bits per heavy atom. The quantitative estimate of drug-likeness (QED) is 0.615. The highest BCUT2D eigenvalue weighted by molar-refractivity contribution is 6.59. The van der Waals surface area contributed by atoms with Crippen LogP contribution in [0.15, 0.2) is 24.3 Å². The second-order valence-corrected chi connectivity index (χ2v) is 2.50. The van der Waals surface area contributed by atoms with E-state index in [4.69, 9.17) is 4.65 Å². The van der Waals surface area contributed by atoms with Crippen LogP contribution in [0.3, 0.4) is 0 Å². The Balaban J connectivity index is 2.81. The van der Waals surface area contributed by atoms with Crippen molar-refractivity contribution >= 4 is 12.6 Å². The molecule has 0 radical (unpaired) electrons. The minimum absolute atomic E-state index is 0.790. The third-order valence-corrected chi connectivity index (χ3v) is 1.59. The average molecular weight is 150 g/mol. The van der Waals surface area contributed by atoms with Gasteiger partial charge >= 0.3 is 7.12 Å². The molecule has 0 bridgehead atoms. The first-order chi connectivity index (χ1) is 5.24. The van der Waals surface area contributed by atoms with Crippen molar-refractivity contribution in [2.45, 2.75) is 6.92 Å². The van der Waals surface area contributed by atoms with Gasteiger partial charge in [-0.2, -0.15) is 0 Å². The fourth-order valence-corrected chi connectivity index (χ4v) is 0.867. The van der Waals surface area contributed by atoms with Crippen LogP contribution in [0.25, 0.3) is 0 Å². The molecular weight excluding hydrogens is 139 g/mol. The molecule has 0 heterocycles. The maximum Gasteiger partial charge on any atom is 0.490 e. The van der Waals surface area contributed by atoms with Crippen molar-refractivity contribution in [3.8, 4) is 0 Å². The topological polar surface area (TPSA) is 29.5 Å². The summed E-state index contributed by atoms with van der Waals surface area (Å²) >= 11 is 0. The van der Waals surface area contributed by atoms with Gasteiger partial charge in [-0.3, -0.25) is 0 Å². The number of benzene rings is 1. The van der Waals surface area contributed by atoms with E-state index in [9.17, 15) is 5.02 Å². The second kappa shape index (κ2) is 3.55. The Kier molecular flexibility index (Phi) is 2.68. The van der Waals surface area contributed by atoms with Gasteiger partial charge in [-0.15, -0.1) is 0 Å². The molecule has 3 heteroatoms. The summed E-state index contributed by atoms with van der Waals surface area (Å²) in [5.74, 6) is 0. The molecule has 0 aromatic heterocycles. The molecule has 0 aliphatic rings. The van der Waals surface area contributed by atoms with E-state index in [0.29, 0.717) is 0 Å². The Hall–Kier alpha value is -0.795. The van der Waals surface area contributed by atoms with Gasteiger partial charge in [0.15, 0.2) is 0 Å². The highest BCUT2D eigenvalue weighted by Gasteiger charge is 2.12. The lowest BCUT2D eigenvalue weighted by atomic mass is 9.79. The zero-order chi connectivity index (χ0) is 8.27. The molecule has 1 rings (SSSR count). The normalized spacial score (nSPS) is 9.73.